The number of hydrogen-bond acceptors (Lipinski definition) is 3. The summed E-state index contributed by atoms with van der Waals surface area (Å²) in [6, 6.07) is 0. The zero-order valence-electron chi connectivity index (χ0n) is 8.22. The molecule has 0 aromatic carbocycles. The maximum Gasteiger partial charge on any atom is 0.214 e. The lowest BCUT2D eigenvalue weighted by atomic mass is 10.1. The molecule has 0 saturated heterocycles. The van der Waals surface area contributed by atoms with Gasteiger partial charge in [-0.25, -0.2) is 8.42 Å². The molecule has 0 heterocycles. The van der Waals surface area contributed by atoms with Gasteiger partial charge in [0.05, 0.1) is 11.3 Å². The van der Waals surface area contributed by atoms with Gasteiger partial charge in [-0.15, -0.1) is 6.42 Å². The number of sulfonamides is 1. The summed E-state index contributed by atoms with van der Waals surface area (Å²) in [4.78, 5) is 0. The van der Waals surface area contributed by atoms with E-state index in [4.69, 9.17) is 6.42 Å². The lowest BCUT2D eigenvalue weighted by molar-refractivity contribution is 0.537. The largest absolute Gasteiger partial charge is 0.319 e. The average molecular weight is 204 g/mol. The molecule has 76 valence electrons. The molecule has 2 N–H and O–H groups in total. The minimum Gasteiger partial charge on any atom is -0.319 e. The Balaban J connectivity index is 4.28. The van der Waals surface area contributed by atoms with E-state index in [1.165, 1.54) is 0 Å². The van der Waals surface area contributed by atoms with Gasteiger partial charge in [-0.1, -0.05) is 5.92 Å². The van der Waals surface area contributed by atoms with Crippen LogP contribution in [0.4, 0.5) is 0 Å². The van der Waals surface area contributed by atoms with Gasteiger partial charge in [0.25, 0.3) is 0 Å². The maximum absolute atomic E-state index is 11.3. The van der Waals surface area contributed by atoms with Gasteiger partial charge in [0, 0.05) is 6.54 Å². The van der Waals surface area contributed by atoms with Crippen LogP contribution in [-0.4, -0.2) is 33.3 Å². The van der Waals surface area contributed by atoms with E-state index in [0.29, 0.717) is 6.54 Å². The smallest absolute Gasteiger partial charge is 0.214 e. The third-order valence-electron chi connectivity index (χ3n) is 1.39. The Kier molecular flexibility index (Phi) is 4.40. The summed E-state index contributed by atoms with van der Waals surface area (Å²) in [5.41, 5.74) is -0.813. The third-order valence-corrected chi connectivity index (χ3v) is 2.96. The van der Waals surface area contributed by atoms with Crippen LogP contribution in [0.25, 0.3) is 0 Å². The first-order valence-electron chi connectivity index (χ1n) is 3.97. The molecule has 0 aromatic rings. The lowest BCUT2D eigenvalue weighted by Crippen LogP contribution is -2.44. The van der Waals surface area contributed by atoms with Crippen LogP contribution >= 0.6 is 0 Å². The van der Waals surface area contributed by atoms with E-state index < -0.39 is 15.6 Å². The molecule has 0 saturated carbocycles. The molecule has 0 aromatic heterocycles. The van der Waals surface area contributed by atoms with Gasteiger partial charge in [0.15, 0.2) is 0 Å². The average Bonchev–Trinajstić information content (AvgIpc) is 1.99. The highest BCUT2D eigenvalue weighted by molar-refractivity contribution is 7.89. The van der Waals surface area contributed by atoms with Crippen LogP contribution in [0.15, 0.2) is 0 Å². The molecule has 0 radical (unpaired) electrons. The van der Waals surface area contributed by atoms with E-state index in [-0.39, 0.29) is 5.75 Å². The summed E-state index contributed by atoms with van der Waals surface area (Å²) in [7, 11) is -1.57. The van der Waals surface area contributed by atoms with E-state index in [9.17, 15) is 8.42 Å². The van der Waals surface area contributed by atoms with Crippen molar-refractivity contribution >= 4 is 10.0 Å². The van der Waals surface area contributed by atoms with Crippen LogP contribution < -0.4 is 10.0 Å². The molecule has 0 aliphatic carbocycles. The number of hydrogen-bond donors (Lipinski definition) is 2. The fourth-order valence-corrected chi connectivity index (χ4v) is 2.12. The molecule has 0 unspecified atom stereocenters. The first-order valence-corrected chi connectivity index (χ1v) is 5.62. The Bertz CT molecular complexity index is 288. The van der Waals surface area contributed by atoms with Crippen molar-refractivity contribution in [2.75, 3.05) is 19.3 Å². The zero-order valence-corrected chi connectivity index (χ0v) is 9.03. The number of nitrogens with one attached hydrogen (secondary N) is 2. The monoisotopic (exact) mass is 204 g/mol. The van der Waals surface area contributed by atoms with Gasteiger partial charge in [0.1, 0.15) is 0 Å². The summed E-state index contributed by atoms with van der Waals surface area (Å²) < 4.78 is 25.0. The minimum atomic E-state index is -3.27. The molecule has 4 nitrogen and oxygen atoms in total. The quantitative estimate of drug-likeness (QED) is 0.596. The molecule has 0 spiro atoms. The van der Waals surface area contributed by atoms with Crippen LogP contribution in [0.5, 0.6) is 0 Å². The molecule has 13 heavy (non-hydrogen) atoms. The standard InChI is InChI=1S/C8H16N2O2S/c1-5-8(2,3)10-13(11,12)7-6-9-4/h1,9-10H,6-7H2,2-4H3. The molecule has 0 fully saturated rings. The SMILES string of the molecule is C#CC(C)(C)NS(=O)(=O)CCNC. The van der Waals surface area contributed by atoms with E-state index in [1.54, 1.807) is 20.9 Å². The van der Waals surface area contributed by atoms with Gasteiger partial charge in [0.2, 0.25) is 10.0 Å². The fourth-order valence-electron chi connectivity index (χ4n) is 0.706. The van der Waals surface area contributed by atoms with Crippen LogP contribution in [0, 0.1) is 12.3 Å². The molecular weight excluding hydrogens is 188 g/mol. The molecule has 5 heteroatoms. The predicted octanol–water partition coefficient (Wildman–Crippen LogP) is -0.463. The van der Waals surface area contributed by atoms with Crippen molar-refractivity contribution in [3.63, 3.8) is 0 Å². The third kappa shape index (κ3) is 5.64. The minimum absolute atomic E-state index is 0.0363. The highest BCUT2D eigenvalue weighted by Crippen LogP contribution is 2.01. The Hall–Kier alpha value is -0.570. The Morgan fingerprint density at radius 2 is 2.00 bits per heavy atom. The molecule has 0 rings (SSSR count). The first-order chi connectivity index (χ1) is 5.83. The predicted molar refractivity (Wildman–Crippen MR) is 53.8 cm³/mol. The Morgan fingerprint density at radius 1 is 1.46 bits per heavy atom. The molecule has 0 amide bonds. The first kappa shape index (κ1) is 12.4. The van der Waals surface area contributed by atoms with Crippen molar-refractivity contribution in [2.45, 2.75) is 19.4 Å². The Labute approximate surface area is 80.2 Å². The molecule has 0 aliphatic heterocycles. The maximum atomic E-state index is 11.3. The van der Waals surface area contributed by atoms with Crippen molar-refractivity contribution < 1.29 is 8.42 Å². The van der Waals surface area contributed by atoms with Crippen molar-refractivity contribution in [1.82, 2.24) is 10.0 Å². The van der Waals surface area contributed by atoms with Crippen molar-refractivity contribution in [3.8, 4) is 12.3 Å². The Morgan fingerprint density at radius 3 is 2.38 bits per heavy atom. The summed E-state index contributed by atoms with van der Waals surface area (Å²) >= 11 is 0. The van der Waals surface area contributed by atoms with Gasteiger partial charge in [-0.3, -0.25) is 0 Å². The number of terminal acetylenes is 1. The van der Waals surface area contributed by atoms with Crippen LogP contribution in [0.2, 0.25) is 0 Å². The highest BCUT2D eigenvalue weighted by atomic mass is 32.2. The highest BCUT2D eigenvalue weighted by Gasteiger charge is 2.21. The van der Waals surface area contributed by atoms with E-state index in [0.717, 1.165) is 0 Å². The molecule has 0 atom stereocenters. The second kappa shape index (κ2) is 4.61. The van der Waals surface area contributed by atoms with Gasteiger partial charge < -0.3 is 5.32 Å². The van der Waals surface area contributed by atoms with Crippen LogP contribution in [0.1, 0.15) is 13.8 Å². The van der Waals surface area contributed by atoms with Gasteiger partial charge >= 0.3 is 0 Å². The van der Waals surface area contributed by atoms with Crippen LogP contribution in [0.3, 0.4) is 0 Å². The summed E-state index contributed by atoms with van der Waals surface area (Å²) in [5, 5.41) is 2.76. The van der Waals surface area contributed by atoms with Crippen LogP contribution in [-0.2, 0) is 10.0 Å². The zero-order chi connectivity index (χ0) is 10.5. The van der Waals surface area contributed by atoms with E-state index >= 15 is 0 Å². The van der Waals surface area contributed by atoms with Gasteiger partial charge in [-0.2, -0.15) is 4.72 Å². The molecule has 0 aliphatic rings. The summed E-state index contributed by atoms with van der Waals surface area (Å²) in [5.74, 6) is 2.40. The van der Waals surface area contributed by atoms with Crippen molar-refractivity contribution in [3.05, 3.63) is 0 Å². The second-order valence-electron chi connectivity index (χ2n) is 3.29. The van der Waals surface area contributed by atoms with Crippen molar-refractivity contribution in [1.29, 1.82) is 0 Å². The van der Waals surface area contributed by atoms with Crippen molar-refractivity contribution in [2.24, 2.45) is 0 Å². The molecular formula is C8H16N2O2S. The summed E-state index contributed by atoms with van der Waals surface area (Å²) in [6.45, 7) is 3.70. The topological polar surface area (TPSA) is 58.2 Å². The second-order valence-corrected chi connectivity index (χ2v) is 5.14. The summed E-state index contributed by atoms with van der Waals surface area (Å²) in [6.07, 6.45) is 5.15. The lowest BCUT2D eigenvalue weighted by Gasteiger charge is -2.19. The molecule has 0 bridgehead atoms. The normalized spacial score (nSPS) is 12.5. The van der Waals surface area contributed by atoms with E-state index in [2.05, 4.69) is 16.0 Å². The van der Waals surface area contributed by atoms with Gasteiger partial charge in [-0.05, 0) is 20.9 Å². The van der Waals surface area contributed by atoms with E-state index in [1.807, 2.05) is 0 Å². The fraction of sp³-hybridized carbons (Fsp3) is 0.750. The number of rotatable bonds is 5.